The third kappa shape index (κ3) is 4.59. The topological polar surface area (TPSA) is 105 Å². The highest BCUT2D eigenvalue weighted by atomic mass is 32.1. The SMILES string of the molecule is Cc1c(C=O)c(=O)n(C2CCCC2(F)F)c2nc(Nc3ccc(N4CCNCC4)cn3)ncc12.S. The van der Waals surface area contributed by atoms with Crippen molar-refractivity contribution in [3.05, 3.63) is 46.0 Å². The summed E-state index contributed by atoms with van der Waals surface area (Å²) in [5, 5.41) is 6.69. The van der Waals surface area contributed by atoms with Gasteiger partial charge in [0.2, 0.25) is 5.95 Å². The number of aromatic nitrogens is 4. The number of pyridine rings is 2. The van der Waals surface area contributed by atoms with E-state index < -0.39 is 17.5 Å². The number of nitrogens with zero attached hydrogens (tertiary/aromatic N) is 5. The first-order valence-corrected chi connectivity index (χ1v) is 11.3. The van der Waals surface area contributed by atoms with Crippen LogP contribution in [0.4, 0.5) is 26.2 Å². The zero-order valence-corrected chi connectivity index (χ0v) is 20.2. The van der Waals surface area contributed by atoms with Crippen LogP contribution in [0.1, 0.15) is 41.2 Å². The van der Waals surface area contributed by atoms with Gasteiger partial charge in [-0.05, 0) is 37.5 Å². The molecule has 1 saturated heterocycles. The van der Waals surface area contributed by atoms with Crippen molar-refractivity contribution < 1.29 is 13.6 Å². The van der Waals surface area contributed by atoms with Crippen LogP contribution in [0.15, 0.2) is 29.3 Å². The lowest BCUT2D eigenvalue weighted by Gasteiger charge is -2.29. The predicted octanol–water partition coefficient (Wildman–Crippen LogP) is 2.93. The van der Waals surface area contributed by atoms with Gasteiger partial charge in [0.1, 0.15) is 17.5 Å². The molecule has 2 N–H and O–H groups in total. The molecule has 0 amide bonds. The van der Waals surface area contributed by atoms with Crippen LogP contribution in [0.3, 0.4) is 0 Å². The van der Waals surface area contributed by atoms with Crippen molar-refractivity contribution in [2.24, 2.45) is 0 Å². The summed E-state index contributed by atoms with van der Waals surface area (Å²) >= 11 is 0. The number of aldehydes is 1. The Labute approximate surface area is 207 Å². The number of piperazine rings is 1. The molecule has 35 heavy (non-hydrogen) atoms. The molecule has 1 atom stereocenters. The predicted molar refractivity (Wildman–Crippen MR) is 135 cm³/mol. The summed E-state index contributed by atoms with van der Waals surface area (Å²) in [4.78, 5) is 40.0. The molecule has 1 unspecified atom stereocenters. The van der Waals surface area contributed by atoms with E-state index >= 15 is 0 Å². The highest BCUT2D eigenvalue weighted by Crippen LogP contribution is 2.44. The summed E-state index contributed by atoms with van der Waals surface area (Å²) in [5.41, 5.74) is 0.549. The van der Waals surface area contributed by atoms with E-state index in [1.54, 1.807) is 19.2 Å². The Morgan fingerprint density at radius 3 is 2.60 bits per heavy atom. The molecule has 3 aromatic heterocycles. The van der Waals surface area contributed by atoms with Gasteiger partial charge in [0.25, 0.3) is 11.5 Å². The third-order valence-electron chi connectivity index (χ3n) is 6.63. The summed E-state index contributed by atoms with van der Waals surface area (Å²) in [6.07, 6.45) is 3.72. The van der Waals surface area contributed by atoms with E-state index in [1.165, 1.54) is 6.20 Å². The first-order valence-electron chi connectivity index (χ1n) is 11.3. The normalized spacial score (nSPS) is 19.4. The Morgan fingerprint density at radius 2 is 1.97 bits per heavy atom. The molecule has 9 nitrogen and oxygen atoms in total. The highest BCUT2D eigenvalue weighted by molar-refractivity contribution is 7.59. The maximum atomic E-state index is 14.7. The van der Waals surface area contributed by atoms with Gasteiger partial charge in [0.15, 0.2) is 6.29 Å². The van der Waals surface area contributed by atoms with E-state index in [9.17, 15) is 18.4 Å². The molecule has 0 spiro atoms. The molecule has 3 aromatic rings. The van der Waals surface area contributed by atoms with Crippen molar-refractivity contribution in [2.45, 2.75) is 38.2 Å². The molecular weight excluding hydrogens is 476 g/mol. The molecule has 12 heteroatoms. The Balaban J connectivity index is 0.00000289. The lowest BCUT2D eigenvalue weighted by molar-refractivity contribution is -0.0305. The van der Waals surface area contributed by atoms with Gasteiger partial charge < -0.3 is 15.5 Å². The zero-order chi connectivity index (χ0) is 23.9. The Bertz CT molecular complexity index is 1290. The molecule has 186 valence electrons. The Morgan fingerprint density at radius 1 is 1.20 bits per heavy atom. The van der Waals surface area contributed by atoms with Crippen molar-refractivity contribution in [1.29, 1.82) is 0 Å². The molecule has 1 saturated carbocycles. The number of anilines is 3. The number of carbonyl (C=O) groups excluding carboxylic acids is 1. The number of rotatable bonds is 5. The molecule has 2 fully saturated rings. The van der Waals surface area contributed by atoms with E-state index in [-0.39, 0.29) is 49.9 Å². The van der Waals surface area contributed by atoms with Crippen LogP contribution in [0.2, 0.25) is 0 Å². The molecular formula is C23H27F2N7O2S. The fraction of sp³-hybridized carbons (Fsp3) is 0.435. The van der Waals surface area contributed by atoms with Crippen LogP contribution in [-0.2, 0) is 0 Å². The minimum absolute atomic E-state index is 0. The Kier molecular flexibility index (Phi) is 7.04. The van der Waals surface area contributed by atoms with Crippen LogP contribution in [0, 0.1) is 6.92 Å². The monoisotopic (exact) mass is 503 g/mol. The van der Waals surface area contributed by atoms with E-state index in [4.69, 9.17) is 0 Å². The fourth-order valence-corrected chi connectivity index (χ4v) is 4.75. The highest BCUT2D eigenvalue weighted by Gasteiger charge is 2.46. The smallest absolute Gasteiger partial charge is 0.268 e. The summed E-state index contributed by atoms with van der Waals surface area (Å²) in [5.74, 6) is -2.45. The Hall–Kier alpha value is -3.12. The second-order valence-electron chi connectivity index (χ2n) is 8.70. The van der Waals surface area contributed by atoms with Crippen LogP contribution in [-0.4, -0.2) is 57.9 Å². The molecule has 1 aliphatic carbocycles. The third-order valence-corrected chi connectivity index (χ3v) is 6.63. The van der Waals surface area contributed by atoms with E-state index in [2.05, 4.69) is 30.5 Å². The van der Waals surface area contributed by atoms with Crippen LogP contribution in [0.25, 0.3) is 11.0 Å². The molecule has 0 aromatic carbocycles. The van der Waals surface area contributed by atoms with Gasteiger partial charge in [-0.1, -0.05) is 0 Å². The van der Waals surface area contributed by atoms with Crippen molar-refractivity contribution >= 4 is 48.3 Å². The molecule has 1 aliphatic heterocycles. The standard InChI is InChI=1S/C23H25F2N7O2.H2S/c1-14-16-12-28-22(29-19-5-4-15(11-27-19)31-9-7-26-8-10-31)30-20(16)32(21(34)17(14)13-33)18-3-2-6-23(18,24)25;/h4-5,11-13,18,26H,2-3,6-10H2,1H3,(H,27,28,29,30);1H2. The number of hydrogen-bond acceptors (Lipinski definition) is 8. The second kappa shape index (κ2) is 9.86. The van der Waals surface area contributed by atoms with Gasteiger partial charge in [0.05, 0.1) is 17.4 Å². The second-order valence-corrected chi connectivity index (χ2v) is 8.70. The van der Waals surface area contributed by atoms with E-state index in [0.717, 1.165) is 36.4 Å². The van der Waals surface area contributed by atoms with Gasteiger partial charge in [-0.3, -0.25) is 14.2 Å². The molecule has 0 bridgehead atoms. The average molecular weight is 504 g/mol. The fourth-order valence-electron chi connectivity index (χ4n) is 4.75. The lowest BCUT2D eigenvalue weighted by Crippen LogP contribution is -2.43. The molecule has 0 radical (unpaired) electrons. The zero-order valence-electron chi connectivity index (χ0n) is 19.2. The minimum atomic E-state index is -3.06. The number of hydrogen-bond donors (Lipinski definition) is 2. The van der Waals surface area contributed by atoms with Gasteiger partial charge >= 0.3 is 0 Å². The van der Waals surface area contributed by atoms with E-state index in [0.29, 0.717) is 23.1 Å². The van der Waals surface area contributed by atoms with Crippen molar-refractivity contribution in [3.63, 3.8) is 0 Å². The number of carbonyl (C=O) groups is 1. The number of halogens is 2. The summed E-state index contributed by atoms with van der Waals surface area (Å²) < 4.78 is 30.3. The number of nitrogens with one attached hydrogen (secondary N) is 2. The minimum Gasteiger partial charge on any atom is -0.368 e. The number of alkyl halides is 2. The first-order chi connectivity index (χ1) is 16.4. The van der Waals surface area contributed by atoms with E-state index in [1.807, 2.05) is 6.07 Å². The summed E-state index contributed by atoms with van der Waals surface area (Å²) in [6, 6.07) is 2.38. The van der Waals surface area contributed by atoms with Gasteiger partial charge in [-0.2, -0.15) is 18.5 Å². The quantitative estimate of drug-likeness (QED) is 0.512. The largest absolute Gasteiger partial charge is 0.368 e. The van der Waals surface area contributed by atoms with Gasteiger partial charge in [0, 0.05) is 44.2 Å². The van der Waals surface area contributed by atoms with Crippen LogP contribution >= 0.6 is 13.5 Å². The number of fused-ring (bicyclic) bond motifs is 1. The molecule has 5 rings (SSSR count). The summed E-state index contributed by atoms with van der Waals surface area (Å²) in [6.45, 7) is 5.22. The van der Waals surface area contributed by atoms with Crippen molar-refractivity contribution in [1.82, 2.24) is 24.8 Å². The summed E-state index contributed by atoms with van der Waals surface area (Å²) in [7, 11) is 0. The molecule has 2 aliphatic rings. The van der Waals surface area contributed by atoms with Crippen molar-refractivity contribution in [3.8, 4) is 0 Å². The van der Waals surface area contributed by atoms with Gasteiger partial charge in [-0.15, -0.1) is 0 Å². The van der Waals surface area contributed by atoms with Crippen molar-refractivity contribution in [2.75, 3.05) is 36.4 Å². The van der Waals surface area contributed by atoms with Crippen LogP contribution in [0.5, 0.6) is 0 Å². The van der Waals surface area contributed by atoms with Gasteiger partial charge in [-0.25, -0.2) is 18.7 Å². The maximum absolute atomic E-state index is 14.7. The molecule has 4 heterocycles. The first kappa shape index (κ1) is 25.0. The lowest BCUT2D eigenvalue weighted by atomic mass is 10.1. The average Bonchev–Trinajstić information content (AvgIpc) is 3.19. The maximum Gasteiger partial charge on any atom is 0.268 e. The number of aryl methyl sites for hydroxylation is 1. The van der Waals surface area contributed by atoms with Crippen LogP contribution < -0.4 is 21.1 Å².